The van der Waals surface area contributed by atoms with E-state index in [1.54, 1.807) is 36.8 Å². The molecule has 1 aromatic carbocycles. The number of anilines is 4. The van der Waals surface area contributed by atoms with Crippen LogP contribution in [0.5, 0.6) is 0 Å². The number of hydrogen-bond acceptors (Lipinski definition) is 8. The second-order valence-electron chi connectivity index (χ2n) is 7.75. The Balaban J connectivity index is 1.85. The topological polar surface area (TPSA) is 108 Å². The van der Waals surface area contributed by atoms with Gasteiger partial charge in [-0.15, -0.1) is 0 Å². The number of rotatable bonds is 10. The second-order valence-corrected chi connectivity index (χ2v) is 7.75. The lowest BCUT2D eigenvalue weighted by atomic mass is 10.0. The quantitative estimate of drug-likeness (QED) is 0.384. The van der Waals surface area contributed by atoms with Crippen molar-refractivity contribution in [2.75, 3.05) is 22.6 Å². The molecule has 0 aliphatic rings. The van der Waals surface area contributed by atoms with Gasteiger partial charge in [0.2, 0.25) is 5.95 Å². The van der Waals surface area contributed by atoms with Crippen LogP contribution in [0.2, 0.25) is 0 Å². The molecule has 0 saturated carbocycles. The molecule has 164 valence electrons. The first kappa shape index (κ1) is 22.4. The number of halogens is 1. The standard InChI is InChI=1S/C22H28FN7O/c1-14(2)10-18(13-31)27-19-11-20(28-21-12-24-8-9-25-21)30-22(29-19)26-15(3)16-4-6-17(23)7-5-16/h4-9,11-12,14-15,18,31H,10,13H2,1-3H3,(H3,25,26,27,28,29,30)/t15-,18?/m0/s1. The normalized spacial score (nSPS) is 13.0. The highest BCUT2D eigenvalue weighted by molar-refractivity contribution is 5.58. The van der Waals surface area contributed by atoms with Gasteiger partial charge in [-0.3, -0.25) is 4.98 Å². The van der Waals surface area contributed by atoms with Gasteiger partial charge in [0.25, 0.3) is 0 Å². The zero-order chi connectivity index (χ0) is 22.2. The van der Waals surface area contributed by atoms with Gasteiger partial charge in [0.05, 0.1) is 24.9 Å². The maximum atomic E-state index is 13.2. The molecule has 4 N–H and O–H groups in total. The highest BCUT2D eigenvalue weighted by Gasteiger charge is 2.14. The van der Waals surface area contributed by atoms with Crippen LogP contribution in [-0.2, 0) is 0 Å². The number of nitrogens with zero attached hydrogens (tertiary/aromatic N) is 4. The summed E-state index contributed by atoms with van der Waals surface area (Å²) in [5.41, 5.74) is 0.903. The molecule has 2 heterocycles. The minimum absolute atomic E-state index is 0.0101. The summed E-state index contributed by atoms with van der Waals surface area (Å²) in [6.45, 7) is 6.14. The van der Waals surface area contributed by atoms with E-state index in [2.05, 4.69) is 49.7 Å². The van der Waals surface area contributed by atoms with Gasteiger partial charge in [0.1, 0.15) is 23.3 Å². The molecule has 0 saturated heterocycles. The lowest BCUT2D eigenvalue weighted by Crippen LogP contribution is -2.26. The maximum Gasteiger partial charge on any atom is 0.227 e. The van der Waals surface area contributed by atoms with E-state index in [1.165, 1.54) is 12.1 Å². The molecule has 9 heteroatoms. The van der Waals surface area contributed by atoms with Crippen LogP contribution >= 0.6 is 0 Å². The number of hydrogen-bond donors (Lipinski definition) is 4. The van der Waals surface area contributed by atoms with Gasteiger partial charge in [0, 0.05) is 18.5 Å². The molecule has 2 aromatic heterocycles. The molecule has 0 aliphatic carbocycles. The van der Waals surface area contributed by atoms with Crippen molar-refractivity contribution in [3.8, 4) is 0 Å². The van der Waals surface area contributed by atoms with E-state index in [1.807, 2.05) is 6.92 Å². The molecule has 2 atom stereocenters. The number of aliphatic hydroxyl groups is 1. The van der Waals surface area contributed by atoms with Crippen LogP contribution < -0.4 is 16.0 Å². The lowest BCUT2D eigenvalue weighted by molar-refractivity contribution is 0.259. The fraction of sp³-hybridized carbons (Fsp3) is 0.364. The average Bonchev–Trinajstić information content (AvgIpc) is 2.74. The van der Waals surface area contributed by atoms with Gasteiger partial charge in [0.15, 0.2) is 0 Å². The minimum Gasteiger partial charge on any atom is -0.394 e. The first-order valence-corrected chi connectivity index (χ1v) is 10.2. The van der Waals surface area contributed by atoms with E-state index in [0.29, 0.717) is 29.3 Å². The van der Waals surface area contributed by atoms with E-state index in [9.17, 15) is 9.50 Å². The zero-order valence-electron chi connectivity index (χ0n) is 17.9. The SMILES string of the molecule is CC(C)CC(CO)Nc1cc(Nc2cnccn2)nc(N[C@@H](C)c2ccc(F)cc2)n1. The predicted molar refractivity (Wildman–Crippen MR) is 120 cm³/mol. The first-order valence-electron chi connectivity index (χ1n) is 10.2. The fourth-order valence-electron chi connectivity index (χ4n) is 3.13. The second kappa shape index (κ2) is 10.6. The smallest absolute Gasteiger partial charge is 0.227 e. The third-order valence-electron chi connectivity index (χ3n) is 4.59. The lowest BCUT2D eigenvalue weighted by Gasteiger charge is -2.21. The van der Waals surface area contributed by atoms with Crippen LogP contribution in [-0.4, -0.2) is 37.7 Å². The summed E-state index contributed by atoms with van der Waals surface area (Å²) in [5, 5.41) is 19.4. The van der Waals surface area contributed by atoms with E-state index < -0.39 is 0 Å². The Hall–Kier alpha value is -3.33. The monoisotopic (exact) mass is 425 g/mol. The summed E-state index contributed by atoms with van der Waals surface area (Å²) >= 11 is 0. The first-order chi connectivity index (χ1) is 14.9. The van der Waals surface area contributed by atoms with Crippen molar-refractivity contribution in [2.24, 2.45) is 5.92 Å². The summed E-state index contributed by atoms with van der Waals surface area (Å²) in [4.78, 5) is 17.4. The molecule has 0 fully saturated rings. The van der Waals surface area contributed by atoms with Gasteiger partial charge in [-0.2, -0.15) is 9.97 Å². The summed E-state index contributed by atoms with van der Waals surface area (Å²) in [7, 11) is 0. The van der Waals surface area contributed by atoms with Crippen LogP contribution in [0.4, 0.5) is 27.8 Å². The molecule has 3 aromatic rings. The highest BCUT2D eigenvalue weighted by Crippen LogP contribution is 2.23. The number of benzene rings is 1. The molecular weight excluding hydrogens is 397 g/mol. The molecule has 8 nitrogen and oxygen atoms in total. The Morgan fingerprint density at radius 1 is 0.968 bits per heavy atom. The largest absolute Gasteiger partial charge is 0.394 e. The summed E-state index contributed by atoms with van der Waals surface area (Å²) < 4.78 is 13.2. The van der Waals surface area contributed by atoms with Gasteiger partial charge in [-0.25, -0.2) is 9.37 Å². The Morgan fingerprint density at radius 3 is 2.35 bits per heavy atom. The van der Waals surface area contributed by atoms with Crippen molar-refractivity contribution in [1.82, 2.24) is 19.9 Å². The maximum absolute atomic E-state index is 13.2. The van der Waals surface area contributed by atoms with Crippen molar-refractivity contribution in [1.29, 1.82) is 0 Å². The third-order valence-corrected chi connectivity index (χ3v) is 4.59. The van der Waals surface area contributed by atoms with Gasteiger partial charge < -0.3 is 21.1 Å². The van der Waals surface area contributed by atoms with E-state index in [4.69, 9.17) is 0 Å². The van der Waals surface area contributed by atoms with Crippen molar-refractivity contribution in [3.63, 3.8) is 0 Å². The van der Waals surface area contributed by atoms with Crippen LogP contribution in [0.25, 0.3) is 0 Å². The molecule has 0 spiro atoms. The van der Waals surface area contributed by atoms with Crippen LogP contribution in [0.1, 0.15) is 38.8 Å². The van der Waals surface area contributed by atoms with Crippen LogP contribution in [0.15, 0.2) is 48.9 Å². The van der Waals surface area contributed by atoms with E-state index >= 15 is 0 Å². The summed E-state index contributed by atoms with van der Waals surface area (Å²) in [6, 6.07) is 7.75. The molecule has 0 bridgehead atoms. The third kappa shape index (κ3) is 6.85. The van der Waals surface area contributed by atoms with Crippen LogP contribution in [0, 0.1) is 11.7 Å². The summed E-state index contributed by atoms with van der Waals surface area (Å²) in [5.74, 6) is 2.15. The number of aromatic nitrogens is 4. The van der Waals surface area contributed by atoms with Crippen molar-refractivity contribution in [3.05, 3.63) is 60.3 Å². The Kier molecular flexibility index (Phi) is 7.66. The zero-order valence-corrected chi connectivity index (χ0v) is 17.9. The Morgan fingerprint density at radius 2 is 1.71 bits per heavy atom. The Labute approximate surface area is 181 Å². The molecule has 0 amide bonds. The molecule has 0 aliphatic heterocycles. The molecule has 3 rings (SSSR count). The average molecular weight is 426 g/mol. The van der Waals surface area contributed by atoms with Gasteiger partial charge in [-0.05, 0) is 37.0 Å². The number of nitrogens with one attached hydrogen (secondary N) is 3. The number of aliphatic hydroxyl groups excluding tert-OH is 1. The van der Waals surface area contributed by atoms with Crippen molar-refractivity contribution in [2.45, 2.75) is 39.3 Å². The highest BCUT2D eigenvalue weighted by atomic mass is 19.1. The molecule has 31 heavy (non-hydrogen) atoms. The van der Waals surface area contributed by atoms with Crippen LogP contribution in [0.3, 0.4) is 0 Å². The van der Waals surface area contributed by atoms with Gasteiger partial charge in [-0.1, -0.05) is 26.0 Å². The van der Waals surface area contributed by atoms with Crippen molar-refractivity contribution < 1.29 is 9.50 Å². The molecule has 1 unspecified atom stereocenters. The minimum atomic E-state index is -0.283. The Bertz CT molecular complexity index is 954. The predicted octanol–water partition coefficient (Wildman–Crippen LogP) is 4.14. The fourth-order valence-corrected chi connectivity index (χ4v) is 3.13. The molecule has 0 radical (unpaired) electrons. The van der Waals surface area contributed by atoms with E-state index in [-0.39, 0.29) is 24.5 Å². The van der Waals surface area contributed by atoms with Crippen molar-refractivity contribution >= 4 is 23.4 Å². The molecular formula is C22H28FN7O. The summed E-state index contributed by atoms with van der Waals surface area (Å²) in [6.07, 6.45) is 5.57. The van der Waals surface area contributed by atoms with E-state index in [0.717, 1.165) is 12.0 Å². The van der Waals surface area contributed by atoms with Gasteiger partial charge >= 0.3 is 0 Å².